The Labute approximate surface area is 160 Å². The smallest absolute Gasteiger partial charge is 0.255 e. The van der Waals surface area contributed by atoms with E-state index in [1.165, 1.54) is 16.4 Å². The Morgan fingerprint density at radius 3 is 2.52 bits per heavy atom. The standard InChI is InChI=1S/C17H16BrClN2O3S/c18-13-5-3-4-12(10-13)17(22)20-14-6-7-15(19)16(11-14)25(23,24)21-8-1-2-9-21/h3-7,10-11H,1-2,8-9H2,(H,20,22). The van der Waals surface area contributed by atoms with Gasteiger partial charge in [-0.1, -0.05) is 33.6 Å². The SMILES string of the molecule is O=C(Nc1ccc(Cl)c(S(=O)(=O)N2CCCC2)c1)c1cccc(Br)c1. The second kappa shape index (κ2) is 7.45. The molecule has 8 heteroatoms. The number of carbonyl (C=O) groups excluding carboxylic acids is 1. The molecule has 25 heavy (non-hydrogen) atoms. The van der Waals surface area contributed by atoms with Gasteiger partial charge in [-0.15, -0.1) is 0 Å². The van der Waals surface area contributed by atoms with E-state index in [-0.39, 0.29) is 15.8 Å². The number of sulfonamides is 1. The Balaban J connectivity index is 1.88. The number of anilines is 1. The second-order valence-corrected chi connectivity index (χ2v) is 8.95. The highest BCUT2D eigenvalue weighted by atomic mass is 79.9. The van der Waals surface area contributed by atoms with Gasteiger partial charge in [0.25, 0.3) is 5.91 Å². The van der Waals surface area contributed by atoms with Gasteiger partial charge in [0.05, 0.1) is 5.02 Å². The first-order valence-corrected chi connectivity index (χ1v) is 10.4. The molecule has 1 fully saturated rings. The average Bonchev–Trinajstić information content (AvgIpc) is 3.12. The van der Waals surface area contributed by atoms with Crippen LogP contribution >= 0.6 is 27.5 Å². The van der Waals surface area contributed by atoms with Crippen LogP contribution in [0.3, 0.4) is 0 Å². The Bertz CT molecular complexity index is 912. The lowest BCUT2D eigenvalue weighted by Gasteiger charge is -2.17. The zero-order valence-corrected chi connectivity index (χ0v) is 16.4. The van der Waals surface area contributed by atoms with Crippen molar-refractivity contribution >= 4 is 49.1 Å². The van der Waals surface area contributed by atoms with E-state index in [1.54, 1.807) is 24.3 Å². The van der Waals surface area contributed by atoms with E-state index < -0.39 is 10.0 Å². The Morgan fingerprint density at radius 1 is 1.12 bits per heavy atom. The summed E-state index contributed by atoms with van der Waals surface area (Å²) in [5.74, 6) is -0.326. The van der Waals surface area contributed by atoms with Gasteiger partial charge >= 0.3 is 0 Å². The lowest BCUT2D eigenvalue weighted by atomic mass is 10.2. The van der Waals surface area contributed by atoms with Crippen molar-refractivity contribution in [2.24, 2.45) is 0 Å². The van der Waals surface area contributed by atoms with E-state index >= 15 is 0 Å². The number of rotatable bonds is 4. The predicted octanol–water partition coefficient (Wildman–Crippen LogP) is 4.14. The third kappa shape index (κ3) is 4.06. The first-order chi connectivity index (χ1) is 11.9. The second-order valence-electron chi connectivity index (χ2n) is 5.72. The molecule has 2 aromatic rings. The maximum Gasteiger partial charge on any atom is 0.255 e. The topological polar surface area (TPSA) is 66.5 Å². The van der Waals surface area contributed by atoms with Crippen molar-refractivity contribution in [3.8, 4) is 0 Å². The summed E-state index contributed by atoms with van der Waals surface area (Å²) in [6.45, 7) is 0.987. The summed E-state index contributed by atoms with van der Waals surface area (Å²) in [7, 11) is -3.66. The van der Waals surface area contributed by atoms with Gasteiger partial charge < -0.3 is 5.32 Å². The van der Waals surface area contributed by atoms with Crippen LogP contribution in [0.25, 0.3) is 0 Å². The zero-order valence-electron chi connectivity index (χ0n) is 13.2. The van der Waals surface area contributed by atoms with Crippen molar-refractivity contribution in [3.05, 3.63) is 57.5 Å². The predicted molar refractivity (Wildman–Crippen MR) is 102 cm³/mol. The largest absolute Gasteiger partial charge is 0.322 e. The van der Waals surface area contributed by atoms with Crippen molar-refractivity contribution in [1.82, 2.24) is 4.31 Å². The van der Waals surface area contributed by atoms with Gasteiger partial charge in [-0.3, -0.25) is 4.79 Å². The quantitative estimate of drug-likeness (QED) is 0.772. The van der Waals surface area contributed by atoms with Crippen molar-refractivity contribution < 1.29 is 13.2 Å². The highest BCUT2D eigenvalue weighted by Gasteiger charge is 2.29. The molecule has 132 valence electrons. The molecule has 5 nitrogen and oxygen atoms in total. The molecule has 1 aliphatic heterocycles. The summed E-state index contributed by atoms with van der Waals surface area (Å²) in [4.78, 5) is 12.4. The van der Waals surface area contributed by atoms with Crippen LogP contribution in [0.1, 0.15) is 23.2 Å². The average molecular weight is 444 g/mol. The van der Waals surface area contributed by atoms with E-state index in [4.69, 9.17) is 11.6 Å². The molecule has 1 amide bonds. The van der Waals surface area contributed by atoms with Crippen LogP contribution in [0.15, 0.2) is 51.8 Å². The van der Waals surface area contributed by atoms with Crippen LogP contribution in [0.4, 0.5) is 5.69 Å². The molecular formula is C17H16BrClN2O3S. The molecule has 1 saturated heterocycles. The van der Waals surface area contributed by atoms with Crippen LogP contribution in [-0.2, 0) is 10.0 Å². The number of nitrogens with zero attached hydrogens (tertiary/aromatic N) is 1. The van der Waals surface area contributed by atoms with Crippen LogP contribution in [0.5, 0.6) is 0 Å². The van der Waals surface area contributed by atoms with Crippen LogP contribution in [0, 0.1) is 0 Å². The van der Waals surface area contributed by atoms with Crippen molar-refractivity contribution in [2.45, 2.75) is 17.7 Å². The normalized spacial score (nSPS) is 15.3. The summed E-state index contributed by atoms with van der Waals surface area (Å²) in [6, 6.07) is 11.4. The molecule has 0 saturated carbocycles. The molecule has 3 rings (SSSR count). The van der Waals surface area contributed by atoms with Crippen molar-refractivity contribution in [3.63, 3.8) is 0 Å². The van der Waals surface area contributed by atoms with Crippen LogP contribution < -0.4 is 5.32 Å². The highest BCUT2D eigenvalue weighted by molar-refractivity contribution is 9.10. The van der Waals surface area contributed by atoms with E-state index in [2.05, 4.69) is 21.2 Å². The van der Waals surface area contributed by atoms with E-state index in [9.17, 15) is 13.2 Å². The van der Waals surface area contributed by atoms with E-state index in [0.717, 1.165) is 17.3 Å². The van der Waals surface area contributed by atoms with Gasteiger partial charge in [-0.25, -0.2) is 8.42 Å². The third-order valence-electron chi connectivity index (χ3n) is 3.96. The molecule has 0 bridgehead atoms. The lowest BCUT2D eigenvalue weighted by Crippen LogP contribution is -2.28. The Morgan fingerprint density at radius 2 is 1.84 bits per heavy atom. The molecule has 1 heterocycles. The first kappa shape index (κ1) is 18.4. The van der Waals surface area contributed by atoms with Gasteiger partial charge in [0.2, 0.25) is 10.0 Å². The number of benzene rings is 2. The maximum absolute atomic E-state index is 12.7. The summed E-state index contributed by atoms with van der Waals surface area (Å²) in [6.07, 6.45) is 1.69. The summed E-state index contributed by atoms with van der Waals surface area (Å²) in [5.41, 5.74) is 0.848. The molecular weight excluding hydrogens is 428 g/mol. The van der Waals surface area contributed by atoms with Crippen molar-refractivity contribution in [1.29, 1.82) is 0 Å². The van der Waals surface area contributed by atoms with Gasteiger partial charge in [0.15, 0.2) is 0 Å². The monoisotopic (exact) mass is 442 g/mol. The van der Waals surface area contributed by atoms with E-state index in [1.807, 2.05) is 6.07 Å². The molecule has 0 aromatic heterocycles. The first-order valence-electron chi connectivity index (χ1n) is 7.74. The number of nitrogens with one attached hydrogen (secondary N) is 1. The fourth-order valence-corrected chi connectivity index (χ4v) is 5.10. The molecule has 0 atom stereocenters. The fraction of sp³-hybridized carbons (Fsp3) is 0.235. The molecule has 0 spiro atoms. The number of amides is 1. The summed E-state index contributed by atoms with van der Waals surface area (Å²) >= 11 is 9.43. The molecule has 0 radical (unpaired) electrons. The van der Waals surface area contributed by atoms with Gasteiger partial charge in [0.1, 0.15) is 4.90 Å². The molecule has 1 N–H and O–H groups in total. The van der Waals surface area contributed by atoms with Crippen LogP contribution in [0.2, 0.25) is 5.02 Å². The van der Waals surface area contributed by atoms with Crippen molar-refractivity contribution in [2.75, 3.05) is 18.4 Å². The Hall–Kier alpha value is -1.41. The third-order valence-corrected chi connectivity index (χ3v) is 6.83. The summed E-state index contributed by atoms with van der Waals surface area (Å²) in [5, 5.41) is 2.86. The van der Waals surface area contributed by atoms with Gasteiger partial charge in [-0.05, 0) is 49.2 Å². The van der Waals surface area contributed by atoms with Gasteiger partial charge in [-0.2, -0.15) is 4.31 Å². The maximum atomic E-state index is 12.7. The number of hydrogen-bond donors (Lipinski definition) is 1. The Kier molecular flexibility index (Phi) is 5.48. The molecule has 2 aromatic carbocycles. The molecule has 0 aliphatic carbocycles. The van der Waals surface area contributed by atoms with E-state index in [0.29, 0.717) is 24.3 Å². The minimum atomic E-state index is -3.66. The molecule has 0 unspecified atom stereocenters. The highest BCUT2D eigenvalue weighted by Crippen LogP contribution is 2.29. The molecule has 1 aliphatic rings. The minimum Gasteiger partial charge on any atom is -0.322 e. The fourth-order valence-electron chi connectivity index (χ4n) is 2.68. The number of carbonyl (C=O) groups is 1. The summed E-state index contributed by atoms with van der Waals surface area (Å²) < 4.78 is 27.7. The minimum absolute atomic E-state index is 0.0168. The number of hydrogen-bond acceptors (Lipinski definition) is 3. The van der Waals surface area contributed by atoms with Crippen LogP contribution in [-0.4, -0.2) is 31.7 Å². The van der Waals surface area contributed by atoms with Gasteiger partial charge in [0, 0.05) is 28.8 Å². The zero-order chi connectivity index (χ0) is 18.0. The number of halogens is 2. The lowest BCUT2D eigenvalue weighted by molar-refractivity contribution is 0.102.